The van der Waals surface area contributed by atoms with Crippen LogP contribution in [0.25, 0.3) is 0 Å². The van der Waals surface area contributed by atoms with Crippen molar-refractivity contribution in [1.82, 2.24) is 10.9 Å². The molecule has 0 aromatic heterocycles. The summed E-state index contributed by atoms with van der Waals surface area (Å²) in [6.45, 7) is 1.65. The predicted molar refractivity (Wildman–Crippen MR) is 97.4 cm³/mol. The third-order valence-corrected chi connectivity index (χ3v) is 3.51. The number of ether oxygens (including phenoxy) is 1. The van der Waals surface area contributed by atoms with E-state index in [1.807, 2.05) is 0 Å². The van der Waals surface area contributed by atoms with Gasteiger partial charge in [0.15, 0.2) is 0 Å². The van der Waals surface area contributed by atoms with Crippen LogP contribution in [-0.2, 0) is 4.79 Å². The highest BCUT2D eigenvalue weighted by Gasteiger charge is 2.09. The number of benzene rings is 2. The maximum Gasteiger partial charge on any atom is 0.271 e. The zero-order valence-corrected chi connectivity index (χ0v) is 14.6. The van der Waals surface area contributed by atoms with Crippen LogP contribution in [0.3, 0.4) is 0 Å². The Labute approximate surface area is 150 Å². The summed E-state index contributed by atoms with van der Waals surface area (Å²) in [7, 11) is 1.55. The first kappa shape index (κ1) is 18.4. The van der Waals surface area contributed by atoms with Crippen molar-refractivity contribution >= 4 is 29.1 Å². The van der Waals surface area contributed by atoms with E-state index in [9.17, 15) is 9.59 Å². The van der Waals surface area contributed by atoms with Crippen LogP contribution in [0.1, 0.15) is 17.3 Å². The first-order valence-corrected chi connectivity index (χ1v) is 7.81. The van der Waals surface area contributed by atoms with Gasteiger partial charge in [0.1, 0.15) is 5.75 Å². The van der Waals surface area contributed by atoms with Crippen molar-refractivity contribution in [3.63, 3.8) is 0 Å². The highest BCUT2D eigenvalue weighted by molar-refractivity contribution is 6.33. The standard InChI is InChI=1S/C18H18ClN3O3/c1-12(21-22-18(24)15-8-3-4-9-16(15)19)10-17(23)20-13-6-5-7-14(11-13)25-2/h3-11,21H,1-2H3,(H,20,23)(H,22,24)/b12-10-. The van der Waals surface area contributed by atoms with Crippen molar-refractivity contribution in [3.05, 3.63) is 70.9 Å². The van der Waals surface area contributed by atoms with Gasteiger partial charge in [-0.05, 0) is 31.2 Å². The van der Waals surface area contributed by atoms with Gasteiger partial charge in [0.25, 0.3) is 5.91 Å². The molecule has 0 aliphatic heterocycles. The van der Waals surface area contributed by atoms with Crippen LogP contribution in [0.2, 0.25) is 5.02 Å². The van der Waals surface area contributed by atoms with Crippen molar-refractivity contribution in [1.29, 1.82) is 0 Å². The number of rotatable bonds is 6. The number of hydrogen-bond acceptors (Lipinski definition) is 4. The predicted octanol–water partition coefficient (Wildman–Crippen LogP) is 3.13. The second kappa shape index (κ2) is 8.75. The SMILES string of the molecule is COc1cccc(NC(=O)/C=C(/C)NNC(=O)c2ccccc2Cl)c1. The number of carbonyl (C=O) groups excluding carboxylic acids is 2. The van der Waals surface area contributed by atoms with Gasteiger partial charge in [-0.25, -0.2) is 0 Å². The Morgan fingerprint density at radius 3 is 2.56 bits per heavy atom. The average Bonchev–Trinajstić information content (AvgIpc) is 2.60. The molecule has 2 aromatic carbocycles. The summed E-state index contributed by atoms with van der Waals surface area (Å²) in [4.78, 5) is 24.0. The topological polar surface area (TPSA) is 79.5 Å². The van der Waals surface area contributed by atoms with Crippen molar-refractivity contribution in [2.75, 3.05) is 12.4 Å². The van der Waals surface area contributed by atoms with E-state index in [0.717, 1.165) is 0 Å². The van der Waals surface area contributed by atoms with Gasteiger partial charge in [0.05, 0.1) is 17.7 Å². The molecule has 0 fully saturated rings. The van der Waals surface area contributed by atoms with Crippen LogP contribution in [0, 0.1) is 0 Å². The molecule has 0 radical (unpaired) electrons. The molecule has 0 heterocycles. The number of carbonyl (C=O) groups is 2. The molecule has 3 N–H and O–H groups in total. The van der Waals surface area contributed by atoms with E-state index < -0.39 is 5.91 Å². The van der Waals surface area contributed by atoms with Gasteiger partial charge in [0.2, 0.25) is 5.91 Å². The normalized spacial score (nSPS) is 10.8. The summed E-state index contributed by atoms with van der Waals surface area (Å²) >= 11 is 5.96. The summed E-state index contributed by atoms with van der Waals surface area (Å²) < 4.78 is 5.10. The smallest absolute Gasteiger partial charge is 0.271 e. The monoisotopic (exact) mass is 359 g/mol. The fraction of sp³-hybridized carbons (Fsp3) is 0.111. The molecule has 6 nitrogen and oxygen atoms in total. The molecule has 130 valence electrons. The third kappa shape index (κ3) is 5.54. The van der Waals surface area contributed by atoms with E-state index >= 15 is 0 Å². The second-order valence-corrected chi connectivity index (χ2v) is 5.51. The van der Waals surface area contributed by atoms with E-state index in [4.69, 9.17) is 16.3 Å². The Balaban J connectivity index is 1.91. The summed E-state index contributed by atoms with van der Waals surface area (Å²) in [6.07, 6.45) is 1.33. The Hall–Kier alpha value is -2.99. The van der Waals surface area contributed by atoms with Gasteiger partial charge in [-0.3, -0.25) is 15.0 Å². The zero-order valence-electron chi connectivity index (χ0n) is 13.8. The minimum absolute atomic E-state index is 0.338. The summed E-state index contributed by atoms with van der Waals surface area (Å²) in [5.74, 6) is -0.0968. The van der Waals surface area contributed by atoms with Gasteiger partial charge >= 0.3 is 0 Å². The molecule has 0 atom stereocenters. The molecule has 2 aromatic rings. The summed E-state index contributed by atoms with van der Waals surface area (Å²) in [6, 6.07) is 13.7. The number of halogens is 1. The Bertz CT molecular complexity index is 806. The number of amides is 2. The van der Waals surface area contributed by atoms with E-state index in [1.54, 1.807) is 62.6 Å². The summed E-state index contributed by atoms with van der Waals surface area (Å²) in [5, 5.41) is 3.05. The quantitative estimate of drug-likeness (QED) is 0.547. The molecule has 25 heavy (non-hydrogen) atoms. The largest absolute Gasteiger partial charge is 0.497 e. The van der Waals surface area contributed by atoms with Crippen LogP contribution >= 0.6 is 11.6 Å². The van der Waals surface area contributed by atoms with E-state index in [0.29, 0.717) is 27.7 Å². The van der Waals surface area contributed by atoms with Gasteiger partial charge in [0, 0.05) is 23.5 Å². The number of allylic oxidation sites excluding steroid dienone is 1. The first-order chi connectivity index (χ1) is 12.0. The second-order valence-electron chi connectivity index (χ2n) is 5.11. The molecular weight excluding hydrogens is 342 g/mol. The molecule has 0 aliphatic carbocycles. The number of methoxy groups -OCH3 is 1. The Kier molecular flexibility index (Phi) is 6.42. The lowest BCUT2D eigenvalue weighted by atomic mass is 10.2. The number of hydrazine groups is 1. The molecule has 0 saturated carbocycles. The van der Waals surface area contributed by atoms with Crippen LogP contribution in [-0.4, -0.2) is 18.9 Å². The van der Waals surface area contributed by atoms with Crippen LogP contribution < -0.4 is 20.9 Å². The maximum absolute atomic E-state index is 12.0. The van der Waals surface area contributed by atoms with Gasteiger partial charge in [-0.1, -0.05) is 29.8 Å². The van der Waals surface area contributed by atoms with E-state index in [2.05, 4.69) is 16.2 Å². The van der Waals surface area contributed by atoms with Gasteiger partial charge < -0.3 is 15.5 Å². The number of nitrogens with one attached hydrogen (secondary N) is 3. The van der Waals surface area contributed by atoms with Crippen molar-refractivity contribution in [2.45, 2.75) is 6.92 Å². The number of anilines is 1. The van der Waals surface area contributed by atoms with Crippen molar-refractivity contribution in [3.8, 4) is 5.75 Å². The molecule has 0 aliphatic rings. The Morgan fingerprint density at radius 1 is 1.08 bits per heavy atom. The molecule has 0 unspecified atom stereocenters. The fourth-order valence-electron chi connectivity index (χ4n) is 1.98. The van der Waals surface area contributed by atoms with Gasteiger partial charge in [-0.2, -0.15) is 0 Å². The highest BCUT2D eigenvalue weighted by atomic mass is 35.5. The lowest BCUT2D eigenvalue weighted by Crippen LogP contribution is -2.36. The van der Waals surface area contributed by atoms with Crippen LogP contribution in [0.4, 0.5) is 5.69 Å². The zero-order chi connectivity index (χ0) is 18.2. The van der Waals surface area contributed by atoms with E-state index in [1.165, 1.54) is 6.08 Å². The molecule has 7 heteroatoms. The van der Waals surface area contributed by atoms with Gasteiger partial charge in [-0.15, -0.1) is 0 Å². The molecule has 0 saturated heterocycles. The lowest BCUT2D eigenvalue weighted by Gasteiger charge is -2.10. The van der Waals surface area contributed by atoms with Crippen LogP contribution in [0.5, 0.6) is 5.75 Å². The van der Waals surface area contributed by atoms with Crippen molar-refractivity contribution in [2.24, 2.45) is 0 Å². The van der Waals surface area contributed by atoms with Crippen molar-refractivity contribution < 1.29 is 14.3 Å². The molecule has 2 rings (SSSR count). The fourth-order valence-corrected chi connectivity index (χ4v) is 2.20. The first-order valence-electron chi connectivity index (χ1n) is 7.44. The maximum atomic E-state index is 12.0. The van der Waals surface area contributed by atoms with E-state index in [-0.39, 0.29) is 5.91 Å². The molecule has 0 bridgehead atoms. The highest BCUT2D eigenvalue weighted by Crippen LogP contribution is 2.16. The molecule has 0 spiro atoms. The lowest BCUT2D eigenvalue weighted by molar-refractivity contribution is -0.112. The average molecular weight is 360 g/mol. The summed E-state index contributed by atoms with van der Waals surface area (Å²) in [5.41, 5.74) is 6.55. The van der Waals surface area contributed by atoms with Crippen LogP contribution in [0.15, 0.2) is 60.3 Å². The molecule has 2 amide bonds. The Morgan fingerprint density at radius 2 is 1.84 bits per heavy atom. The number of hydrogen-bond donors (Lipinski definition) is 3. The minimum Gasteiger partial charge on any atom is -0.497 e. The molecular formula is C18H18ClN3O3. The minimum atomic E-state index is -0.397. The third-order valence-electron chi connectivity index (χ3n) is 3.18.